The van der Waals surface area contributed by atoms with Crippen molar-refractivity contribution in [2.75, 3.05) is 5.32 Å². The van der Waals surface area contributed by atoms with Crippen molar-refractivity contribution in [3.05, 3.63) is 64.7 Å². The Balaban J connectivity index is 2.31. The van der Waals surface area contributed by atoms with Crippen LogP contribution in [0.4, 0.5) is 14.5 Å². The lowest BCUT2D eigenvalue weighted by Crippen LogP contribution is -2.15. The van der Waals surface area contributed by atoms with Crippen LogP contribution >= 0.6 is 0 Å². The number of benzene rings is 2. The van der Waals surface area contributed by atoms with Gasteiger partial charge in [-0.25, -0.2) is 8.78 Å². The number of aryl methyl sites for hydroxylation is 2. The molecule has 0 fully saturated rings. The molecule has 0 aliphatic rings. The van der Waals surface area contributed by atoms with Gasteiger partial charge < -0.3 is 5.32 Å². The Morgan fingerprint density at radius 2 is 1.84 bits per heavy atom. The maximum absolute atomic E-state index is 13.5. The molecule has 1 N–H and O–H groups in total. The molecule has 0 unspecified atom stereocenters. The van der Waals surface area contributed by atoms with Crippen LogP contribution in [0.1, 0.15) is 21.5 Å². The van der Waals surface area contributed by atoms with Gasteiger partial charge in [-0.3, -0.25) is 4.79 Å². The van der Waals surface area contributed by atoms with Crippen molar-refractivity contribution in [2.45, 2.75) is 13.8 Å². The summed E-state index contributed by atoms with van der Waals surface area (Å²) in [6.45, 7) is 3.72. The summed E-state index contributed by atoms with van der Waals surface area (Å²) in [5.74, 6) is -2.83. The molecule has 2 aromatic rings. The molecule has 0 atom stereocenters. The van der Waals surface area contributed by atoms with Gasteiger partial charge in [0.25, 0.3) is 5.91 Å². The molecule has 0 saturated heterocycles. The number of anilines is 1. The van der Waals surface area contributed by atoms with Crippen molar-refractivity contribution in [1.29, 1.82) is 0 Å². The smallest absolute Gasteiger partial charge is 0.258 e. The first-order chi connectivity index (χ1) is 8.99. The zero-order valence-electron chi connectivity index (χ0n) is 10.6. The minimum atomic E-state index is -1.13. The zero-order chi connectivity index (χ0) is 14.0. The molecule has 0 radical (unpaired) electrons. The number of hydrogen-bond acceptors (Lipinski definition) is 1. The highest BCUT2D eigenvalue weighted by atomic mass is 19.2. The molecule has 0 saturated carbocycles. The van der Waals surface area contributed by atoms with E-state index in [0.717, 1.165) is 17.2 Å². The van der Waals surface area contributed by atoms with Crippen molar-refractivity contribution < 1.29 is 13.6 Å². The van der Waals surface area contributed by atoms with Crippen LogP contribution in [0.25, 0.3) is 0 Å². The van der Waals surface area contributed by atoms with Crippen LogP contribution in [0.2, 0.25) is 0 Å². The molecule has 4 heteroatoms. The quantitative estimate of drug-likeness (QED) is 0.874. The van der Waals surface area contributed by atoms with Gasteiger partial charge in [0, 0.05) is 5.69 Å². The van der Waals surface area contributed by atoms with Crippen LogP contribution in [0.3, 0.4) is 0 Å². The van der Waals surface area contributed by atoms with E-state index in [0.29, 0.717) is 5.69 Å². The first-order valence-corrected chi connectivity index (χ1v) is 5.81. The van der Waals surface area contributed by atoms with Crippen LogP contribution in [0.15, 0.2) is 36.4 Å². The zero-order valence-corrected chi connectivity index (χ0v) is 10.6. The van der Waals surface area contributed by atoms with Gasteiger partial charge in [-0.05, 0) is 43.2 Å². The second-order valence-electron chi connectivity index (χ2n) is 4.37. The van der Waals surface area contributed by atoms with Gasteiger partial charge >= 0.3 is 0 Å². The fraction of sp³-hybridized carbons (Fsp3) is 0.133. The topological polar surface area (TPSA) is 29.1 Å². The SMILES string of the molecule is Cc1ccc(C)c(NC(=O)c2cccc(F)c2F)c1. The van der Waals surface area contributed by atoms with Crippen molar-refractivity contribution in [3.8, 4) is 0 Å². The van der Waals surface area contributed by atoms with E-state index in [2.05, 4.69) is 5.32 Å². The summed E-state index contributed by atoms with van der Waals surface area (Å²) in [5, 5.41) is 2.59. The normalized spacial score (nSPS) is 10.3. The van der Waals surface area contributed by atoms with Crippen LogP contribution in [-0.2, 0) is 0 Å². The Hall–Kier alpha value is -2.23. The first-order valence-electron chi connectivity index (χ1n) is 5.81. The van der Waals surface area contributed by atoms with Crippen LogP contribution in [0, 0.1) is 25.5 Å². The van der Waals surface area contributed by atoms with E-state index in [1.807, 2.05) is 26.0 Å². The van der Waals surface area contributed by atoms with Gasteiger partial charge in [0.05, 0.1) is 5.56 Å². The second kappa shape index (κ2) is 5.18. The Bertz CT molecular complexity index is 638. The van der Waals surface area contributed by atoms with Crippen molar-refractivity contribution in [3.63, 3.8) is 0 Å². The van der Waals surface area contributed by atoms with Gasteiger partial charge in [0.2, 0.25) is 0 Å². The van der Waals surface area contributed by atoms with E-state index in [1.165, 1.54) is 12.1 Å². The molecule has 0 aromatic heterocycles. The highest BCUT2D eigenvalue weighted by molar-refractivity contribution is 6.04. The fourth-order valence-corrected chi connectivity index (χ4v) is 1.74. The molecule has 2 nitrogen and oxygen atoms in total. The summed E-state index contributed by atoms with van der Waals surface area (Å²) < 4.78 is 26.6. The minimum Gasteiger partial charge on any atom is -0.322 e. The molecule has 2 aromatic carbocycles. The number of carbonyl (C=O) groups excluding carboxylic acids is 1. The molecular formula is C15H13F2NO. The van der Waals surface area contributed by atoms with E-state index in [1.54, 1.807) is 6.07 Å². The van der Waals surface area contributed by atoms with Gasteiger partial charge in [-0.1, -0.05) is 18.2 Å². The Morgan fingerprint density at radius 3 is 2.58 bits per heavy atom. The average molecular weight is 261 g/mol. The number of carbonyl (C=O) groups is 1. The molecule has 98 valence electrons. The number of nitrogens with one attached hydrogen (secondary N) is 1. The summed E-state index contributed by atoms with van der Waals surface area (Å²) in [6, 6.07) is 9.07. The van der Waals surface area contributed by atoms with Crippen LogP contribution in [0.5, 0.6) is 0 Å². The lowest BCUT2D eigenvalue weighted by molar-refractivity contribution is 0.102. The van der Waals surface area contributed by atoms with Crippen molar-refractivity contribution in [1.82, 2.24) is 0 Å². The van der Waals surface area contributed by atoms with Crippen molar-refractivity contribution in [2.24, 2.45) is 0 Å². The summed E-state index contributed by atoms with van der Waals surface area (Å²) in [5.41, 5.74) is 2.12. The van der Waals surface area contributed by atoms with Crippen molar-refractivity contribution >= 4 is 11.6 Å². The van der Waals surface area contributed by atoms with E-state index >= 15 is 0 Å². The Morgan fingerprint density at radius 1 is 1.11 bits per heavy atom. The summed E-state index contributed by atoms with van der Waals surface area (Å²) >= 11 is 0. The Kier molecular flexibility index (Phi) is 3.60. The predicted molar refractivity (Wildman–Crippen MR) is 70.2 cm³/mol. The second-order valence-corrected chi connectivity index (χ2v) is 4.37. The highest BCUT2D eigenvalue weighted by Crippen LogP contribution is 2.19. The third kappa shape index (κ3) is 2.78. The molecule has 0 heterocycles. The number of rotatable bonds is 2. The summed E-state index contributed by atoms with van der Waals surface area (Å²) in [7, 11) is 0. The molecule has 2 rings (SSSR count). The third-order valence-electron chi connectivity index (χ3n) is 2.84. The van der Waals surface area contributed by atoms with Gasteiger partial charge in [-0.2, -0.15) is 0 Å². The van der Waals surface area contributed by atoms with Gasteiger partial charge in [0.15, 0.2) is 11.6 Å². The summed E-state index contributed by atoms with van der Waals surface area (Å²) in [4.78, 5) is 11.9. The standard InChI is InChI=1S/C15H13F2NO/c1-9-6-7-10(2)13(8-9)18-15(19)11-4-3-5-12(16)14(11)17/h3-8H,1-2H3,(H,18,19). The minimum absolute atomic E-state index is 0.305. The molecule has 0 aliphatic carbocycles. The van der Waals surface area contributed by atoms with Crippen LogP contribution < -0.4 is 5.32 Å². The number of hydrogen-bond donors (Lipinski definition) is 1. The highest BCUT2D eigenvalue weighted by Gasteiger charge is 2.15. The predicted octanol–water partition coefficient (Wildman–Crippen LogP) is 3.83. The maximum atomic E-state index is 13.5. The van der Waals surface area contributed by atoms with E-state index < -0.39 is 17.5 Å². The van der Waals surface area contributed by atoms with E-state index in [4.69, 9.17) is 0 Å². The number of amides is 1. The van der Waals surface area contributed by atoms with Gasteiger partial charge in [-0.15, -0.1) is 0 Å². The molecule has 19 heavy (non-hydrogen) atoms. The molecule has 0 spiro atoms. The monoisotopic (exact) mass is 261 g/mol. The van der Waals surface area contributed by atoms with Gasteiger partial charge in [0.1, 0.15) is 0 Å². The maximum Gasteiger partial charge on any atom is 0.258 e. The lowest BCUT2D eigenvalue weighted by Gasteiger charge is -2.10. The average Bonchev–Trinajstić information content (AvgIpc) is 2.37. The third-order valence-corrected chi connectivity index (χ3v) is 2.84. The molecular weight excluding hydrogens is 248 g/mol. The fourth-order valence-electron chi connectivity index (χ4n) is 1.74. The molecule has 1 amide bonds. The van der Waals surface area contributed by atoms with E-state index in [-0.39, 0.29) is 5.56 Å². The molecule has 0 aliphatic heterocycles. The largest absolute Gasteiger partial charge is 0.322 e. The van der Waals surface area contributed by atoms with Crippen LogP contribution in [-0.4, -0.2) is 5.91 Å². The number of halogens is 2. The first kappa shape index (κ1) is 13.2. The van der Waals surface area contributed by atoms with E-state index in [9.17, 15) is 13.6 Å². The summed E-state index contributed by atoms with van der Waals surface area (Å²) in [6.07, 6.45) is 0. The lowest BCUT2D eigenvalue weighted by atomic mass is 10.1. The molecule has 0 bridgehead atoms. The Labute approximate surface area is 110 Å².